The van der Waals surface area contributed by atoms with Crippen LogP contribution in [0.5, 0.6) is 11.5 Å². The zero-order valence-electron chi connectivity index (χ0n) is 49.5. The van der Waals surface area contributed by atoms with E-state index in [4.69, 9.17) is 16.3 Å². The molecular weight excluding hydrogens is 1200 g/mol. The van der Waals surface area contributed by atoms with Crippen LogP contribution in [0.25, 0.3) is 21.8 Å². The summed E-state index contributed by atoms with van der Waals surface area (Å²) in [7, 11) is 0. The Kier molecular flexibility index (Phi) is 24.5. The number of ether oxygens (including phenoxy) is 2. The number of hydrogen-bond donors (Lipinski definition) is 1. The van der Waals surface area contributed by atoms with E-state index in [1.165, 1.54) is 76.7 Å². The minimum absolute atomic E-state index is 0. The number of aromatic amines is 1. The number of ketones is 2. The van der Waals surface area contributed by atoms with Crippen molar-refractivity contribution in [3.05, 3.63) is 212 Å². The summed E-state index contributed by atoms with van der Waals surface area (Å²) in [6.45, 7) is 14.2. The number of rotatable bonds is 13. The third-order valence-electron chi connectivity index (χ3n) is 14.4. The number of hydrogen-bond acceptors (Lipinski definition) is 15. The molecule has 2 aliphatic rings. The van der Waals surface area contributed by atoms with Gasteiger partial charge in [0, 0.05) is 140 Å². The Labute approximate surface area is 526 Å². The first kappa shape index (κ1) is 69.6. The summed E-state index contributed by atoms with van der Waals surface area (Å²) in [5.41, 5.74) is 0.0289. The van der Waals surface area contributed by atoms with E-state index in [0.29, 0.717) is 41.8 Å². The van der Waals surface area contributed by atoms with Gasteiger partial charge in [-0.05, 0) is 107 Å². The highest BCUT2D eigenvalue weighted by molar-refractivity contribution is 6.61. The maximum atomic E-state index is 14.9. The van der Waals surface area contributed by atoms with E-state index < -0.39 is 56.4 Å². The molecule has 0 saturated carbocycles. The van der Waals surface area contributed by atoms with Crippen molar-refractivity contribution in [1.29, 1.82) is 0 Å². The highest BCUT2D eigenvalue weighted by Gasteiger charge is 2.34. The predicted octanol–water partition coefficient (Wildman–Crippen LogP) is 11.5. The maximum Gasteiger partial charge on any atom is 0.423 e. The Hall–Kier alpha value is -10.5. The van der Waals surface area contributed by atoms with E-state index >= 15 is 0 Å². The number of carbonyl (C=O) groups is 8. The van der Waals surface area contributed by atoms with Gasteiger partial charge in [-0.25, -0.2) is 18.4 Å². The topological polar surface area (TPSA) is 278 Å². The van der Waals surface area contributed by atoms with Crippen molar-refractivity contribution in [2.24, 2.45) is 0 Å². The second-order valence-electron chi connectivity index (χ2n) is 20.7. The lowest BCUT2D eigenvalue weighted by atomic mass is 10.1. The van der Waals surface area contributed by atoms with Crippen LogP contribution in [-0.2, 0) is 9.59 Å². The third-order valence-corrected chi connectivity index (χ3v) is 14.5. The SMILES string of the molecule is C.CCN(C(C)C)C(C)C.O=C(C(=O)N1CCN(C(=O)c2ccccc2)CC1)c1c[nH]c2cccc(F)c12.O=C(C(=O)N1CCN(C(=O)c2ccccc2)CC1)c1cn(C(=O)Oc2ccc([N+](=O)[O-])cc2)c2cccc(F)c12.O=C(Cl)Oc1ccc([N+](=O)[O-])cc1. The van der Waals surface area contributed by atoms with Gasteiger partial charge in [0.1, 0.15) is 23.1 Å². The molecule has 2 fully saturated rings. The zero-order chi connectivity index (χ0) is 65.3. The molecule has 6 aromatic carbocycles. The highest BCUT2D eigenvalue weighted by atomic mass is 35.5. The van der Waals surface area contributed by atoms with Crippen LogP contribution in [0.3, 0.4) is 0 Å². The molecule has 4 heterocycles. The summed E-state index contributed by atoms with van der Waals surface area (Å²) in [4.78, 5) is 131. The zero-order valence-corrected chi connectivity index (χ0v) is 50.2. The van der Waals surface area contributed by atoms with E-state index in [1.54, 1.807) is 70.5 Å². The molecule has 4 amide bonds. The monoisotopic (exact) mass is 1270 g/mol. The number of Topliss-reactive ketones (excluding diaryl/α,β-unsaturated/α-hetero) is 2. The molecule has 0 spiro atoms. The van der Waals surface area contributed by atoms with Gasteiger partial charge in [-0.1, -0.05) is 62.9 Å². The Morgan fingerprint density at radius 2 is 0.956 bits per heavy atom. The maximum absolute atomic E-state index is 14.9. The number of halogens is 3. The van der Waals surface area contributed by atoms with Gasteiger partial charge >= 0.3 is 11.5 Å². The average molecular weight is 1270 g/mol. The second kappa shape index (κ2) is 32.1. The molecule has 0 bridgehead atoms. The number of non-ortho nitro benzene ring substituents is 2. The van der Waals surface area contributed by atoms with Crippen LogP contribution < -0.4 is 9.47 Å². The lowest BCUT2D eigenvalue weighted by molar-refractivity contribution is -0.385. The Morgan fingerprint density at radius 3 is 1.36 bits per heavy atom. The van der Waals surface area contributed by atoms with Gasteiger partial charge in [-0.3, -0.25) is 58.5 Å². The number of nitrogens with one attached hydrogen (secondary N) is 1. The van der Waals surface area contributed by atoms with Gasteiger partial charge in [0.05, 0.1) is 26.5 Å². The number of aromatic nitrogens is 2. The van der Waals surface area contributed by atoms with Crippen molar-refractivity contribution < 1.29 is 66.5 Å². The van der Waals surface area contributed by atoms with Crippen LogP contribution in [0.15, 0.2) is 158 Å². The smallest absolute Gasteiger partial charge is 0.414 e. The summed E-state index contributed by atoms with van der Waals surface area (Å²) in [6.07, 6.45) is 1.39. The molecule has 8 aromatic rings. The van der Waals surface area contributed by atoms with Crippen LogP contribution in [0.1, 0.15) is 83.5 Å². The van der Waals surface area contributed by atoms with Crippen molar-refractivity contribution >= 4 is 91.5 Å². The molecular formula is C65H66ClF2N9O14. The van der Waals surface area contributed by atoms with Crippen LogP contribution in [0.2, 0.25) is 0 Å². The Morgan fingerprint density at radius 1 is 0.549 bits per heavy atom. The van der Waals surface area contributed by atoms with Crippen molar-refractivity contribution in [1.82, 2.24) is 34.1 Å². The number of piperazine rings is 2. The van der Waals surface area contributed by atoms with E-state index in [9.17, 15) is 67.4 Å². The number of fused-ring (bicyclic) bond motifs is 2. The molecule has 0 atom stereocenters. The van der Waals surface area contributed by atoms with Crippen molar-refractivity contribution in [3.63, 3.8) is 0 Å². The molecule has 10 rings (SSSR count). The normalized spacial score (nSPS) is 12.7. The minimum atomic E-state index is -1.01. The number of amides is 4. The number of carbonyl (C=O) groups excluding carboxylic acids is 8. The number of H-pyrrole nitrogens is 1. The van der Waals surface area contributed by atoms with Gasteiger partial charge in [-0.2, -0.15) is 0 Å². The van der Waals surface area contributed by atoms with E-state index in [1.807, 2.05) is 6.07 Å². The number of nitro benzene ring substituents is 2. The van der Waals surface area contributed by atoms with Crippen molar-refractivity contribution in [3.8, 4) is 11.5 Å². The summed E-state index contributed by atoms with van der Waals surface area (Å²) in [5, 5.41) is 21.0. The highest BCUT2D eigenvalue weighted by Crippen LogP contribution is 2.28. The average Bonchev–Trinajstić information content (AvgIpc) is 1.66. The van der Waals surface area contributed by atoms with E-state index in [2.05, 4.69) is 49.2 Å². The fourth-order valence-electron chi connectivity index (χ4n) is 10.00. The summed E-state index contributed by atoms with van der Waals surface area (Å²) < 4.78 is 39.6. The molecule has 91 heavy (non-hydrogen) atoms. The molecule has 2 aromatic heterocycles. The molecule has 0 radical (unpaired) electrons. The summed E-state index contributed by atoms with van der Waals surface area (Å²) in [6, 6.07) is 37.0. The first-order valence-corrected chi connectivity index (χ1v) is 28.6. The quantitative estimate of drug-likeness (QED) is 0.0369. The first-order valence-electron chi connectivity index (χ1n) is 28.2. The Balaban J connectivity index is 0.000000222. The molecule has 0 unspecified atom stereocenters. The lowest BCUT2D eigenvalue weighted by Gasteiger charge is -2.34. The first-order chi connectivity index (χ1) is 43.0. The fourth-order valence-corrected chi connectivity index (χ4v) is 10.1. The fraction of sp³-hybridized carbons (Fsp3) is 0.262. The molecule has 26 heteroatoms. The predicted molar refractivity (Wildman–Crippen MR) is 336 cm³/mol. The van der Waals surface area contributed by atoms with Crippen molar-refractivity contribution in [2.45, 2.75) is 54.1 Å². The summed E-state index contributed by atoms with van der Waals surface area (Å²) in [5.74, 6) is -4.82. The van der Waals surface area contributed by atoms with Gasteiger partial charge in [0.25, 0.3) is 46.6 Å². The summed E-state index contributed by atoms with van der Waals surface area (Å²) >= 11 is 4.92. The van der Waals surface area contributed by atoms with E-state index in [-0.39, 0.29) is 109 Å². The van der Waals surface area contributed by atoms with Gasteiger partial charge in [-0.15, -0.1) is 0 Å². The number of nitro groups is 2. The second-order valence-corrected chi connectivity index (χ2v) is 21.0. The van der Waals surface area contributed by atoms with Crippen LogP contribution in [-0.4, -0.2) is 162 Å². The molecule has 476 valence electrons. The van der Waals surface area contributed by atoms with E-state index in [0.717, 1.165) is 35.5 Å². The molecule has 2 saturated heterocycles. The van der Waals surface area contributed by atoms with Crippen molar-refractivity contribution in [2.75, 3.05) is 58.9 Å². The number of benzene rings is 6. The molecule has 23 nitrogen and oxygen atoms in total. The molecule has 0 aliphatic carbocycles. The molecule has 2 aliphatic heterocycles. The third kappa shape index (κ3) is 17.6. The number of nitrogens with zero attached hydrogens (tertiary/aromatic N) is 8. The Bertz CT molecular complexity index is 3920. The van der Waals surface area contributed by atoms with Gasteiger partial charge in [0.2, 0.25) is 0 Å². The largest absolute Gasteiger partial charge is 0.423 e. The lowest BCUT2D eigenvalue weighted by Crippen LogP contribution is -2.52. The van der Waals surface area contributed by atoms with Crippen LogP contribution in [0.4, 0.5) is 29.7 Å². The van der Waals surface area contributed by atoms with Crippen LogP contribution >= 0.6 is 11.6 Å². The standard InChI is InChI=1S/C28H21FN4O7.C21H18FN3O3.C8H19N.C7H4ClNO4.CH4/c29-22-7-4-8-23-24(22)21(17-32(23)28(37)40-20-11-9-19(10-12-20)33(38)39)25(34)27(36)31-15-13-30(14-16-31)26(35)18-5-2-1-3-6-18;22-16-7-4-8-17-18(16)15(13-23-17)19(26)21(28)25-11-9-24(10-12-25)20(27)14-5-2-1-3-6-14;1-6-9(7(2)3)8(4)5;8-7(10)13-6-3-1-5(2-4-6)9(11)12;/h1-12,17H,13-16H2;1-8,13,23H,9-12H2;7-8H,6H2,1-5H3;1-4H;1H4. The van der Waals surface area contributed by atoms with Crippen LogP contribution in [0, 0.1) is 31.9 Å². The van der Waals surface area contributed by atoms with Gasteiger partial charge < -0.3 is 34.1 Å². The van der Waals surface area contributed by atoms with Gasteiger partial charge in [0.15, 0.2) is 0 Å². The minimum Gasteiger partial charge on any atom is -0.414 e. The molecule has 1 N–H and O–H groups in total.